The Balaban J connectivity index is 1.79. The molecule has 3 heterocycles. The number of aliphatic hydroxyl groups excluding tert-OH is 1. The first-order valence-corrected chi connectivity index (χ1v) is 5.82. The largest absolute Gasteiger partial charge is 0.387 e. The van der Waals surface area contributed by atoms with Crippen LogP contribution in [-0.4, -0.2) is 48.7 Å². The van der Waals surface area contributed by atoms with Crippen LogP contribution in [0, 0.1) is 0 Å². The summed E-state index contributed by atoms with van der Waals surface area (Å²) in [6.07, 6.45) is -1.94. The monoisotopic (exact) mass is 266 g/mol. The summed E-state index contributed by atoms with van der Waals surface area (Å²) in [7, 11) is 0. The standard InChI is InChI=1S/C11H11FN4O3/c12-5-10(19-7-6(17)11(5,7)18)16-2-1-4-8(13)14-3-15-9(4)16/h1-3,5-7,10,17-18H,(H2,13,14,15)/t5-,6?,7-,10-,11-/m1/s1. The van der Waals surface area contributed by atoms with Crippen molar-refractivity contribution in [1.82, 2.24) is 14.5 Å². The molecule has 1 aliphatic carbocycles. The summed E-state index contributed by atoms with van der Waals surface area (Å²) in [6.45, 7) is 0. The third-order valence-electron chi connectivity index (χ3n) is 3.90. The van der Waals surface area contributed by atoms with Crippen molar-refractivity contribution in [3.63, 3.8) is 0 Å². The number of nitrogen functional groups attached to an aromatic ring is 1. The molecule has 1 saturated heterocycles. The van der Waals surface area contributed by atoms with E-state index in [1.165, 1.54) is 10.9 Å². The lowest BCUT2D eigenvalue weighted by molar-refractivity contribution is -0.0608. The Labute approximate surface area is 106 Å². The summed E-state index contributed by atoms with van der Waals surface area (Å²) >= 11 is 0. The predicted octanol–water partition coefficient (Wildman–Crippen LogP) is -0.645. The maximum atomic E-state index is 14.2. The molecule has 2 aromatic heterocycles. The molecular weight excluding hydrogens is 255 g/mol. The Morgan fingerprint density at radius 2 is 2.26 bits per heavy atom. The molecule has 2 fully saturated rings. The fraction of sp³-hybridized carbons (Fsp3) is 0.455. The number of hydrogen-bond donors (Lipinski definition) is 3. The number of nitrogens with zero attached hydrogens (tertiary/aromatic N) is 3. The van der Waals surface area contributed by atoms with Gasteiger partial charge in [0.2, 0.25) is 0 Å². The predicted molar refractivity (Wildman–Crippen MR) is 61.7 cm³/mol. The van der Waals surface area contributed by atoms with Crippen molar-refractivity contribution in [1.29, 1.82) is 0 Å². The van der Waals surface area contributed by atoms with Gasteiger partial charge in [0.25, 0.3) is 0 Å². The van der Waals surface area contributed by atoms with E-state index in [-0.39, 0.29) is 0 Å². The van der Waals surface area contributed by atoms with E-state index in [1.54, 1.807) is 12.3 Å². The van der Waals surface area contributed by atoms with Crippen LogP contribution in [0.5, 0.6) is 0 Å². The molecule has 0 amide bonds. The van der Waals surface area contributed by atoms with Crippen molar-refractivity contribution in [2.75, 3.05) is 5.73 Å². The topological polar surface area (TPSA) is 106 Å². The lowest BCUT2D eigenvalue weighted by Gasteiger charge is -2.20. The van der Waals surface area contributed by atoms with Gasteiger partial charge in [-0.05, 0) is 6.07 Å². The number of aliphatic hydroxyl groups is 2. The minimum Gasteiger partial charge on any atom is -0.387 e. The molecular formula is C11H11FN4O3. The average molecular weight is 266 g/mol. The van der Waals surface area contributed by atoms with Crippen molar-refractivity contribution in [2.45, 2.75) is 30.2 Å². The number of nitrogens with two attached hydrogens (primary N) is 1. The number of aromatic nitrogens is 3. The van der Waals surface area contributed by atoms with Crippen LogP contribution in [0.3, 0.4) is 0 Å². The first-order chi connectivity index (χ1) is 9.05. The Hall–Kier alpha value is -1.77. The van der Waals surface area contributed by atoms with E-state index in [4.69, 9.17) is 10.5 Å². The van der Waals surface area contributed by atoms with E-state index in [0.717, 1.165) is 0 Å². The molecule has 1 saturated carbocycles. The zero-order valence-electron chi connectivity index (χ0n) is 9.64. The molecule has 1 unspecified atom stereocenters. The Kier molecular flexibility index (Phi) is 1.88. The number of anilines is 1. The SMILES string of the molecule is Nc1ncnc2c1ccn2[C@@H]1O[C@@H]2C(O)[C@]2(O)[C@@H]1F. The van der Waals surface area contributed by atoms with Crippen LogP contribution >= 0.6 is 0 Å². The molecule has 4 rings (SSSR count). The van der Waals surface area contributed by atoms with Crippen LogP contribution in [0.2, 0.25) is 0 Å². The fourth-order valence-corrected chi connectivity index (χ4v) is 2.70. The molecule has 0 bridgehead atoms. The maximum Gasteiger partial charge on any atom is 0.179 e. The average Bonchev–Trinajstić information content (AvgIpc) is 2.74. The van der Waals surface area contributed by atoms with Crippen LogP contribution in [0.15, 0.2) is 18.6 Å². The molecule has 100 valence electrons. The number of fused-ring (bicyclic) bond motifs is 2. The molecule has 8 heteroatoms. The van der Waals surface area contributed by atoms with Gasteiger partial charge in [-0.25, -0.2) is 14.4 Å². The number of rotatable bonds is 1. The van der Waals surface area contributed by atoms with Crippen molar-refractivity contribution >= 4 is 16.9 Å². The van der Waals surface area contributed by atoms with Gasteiger partial charge in [-0.1, -0.05) is 0 Å². The van der Waals surface area contributed by atoms with E-state index >= 15 is 0 Å². The van der Waals surface area contributed by atoms with Gasteiger partial charge in [0.05, 0.1) is 5.39 Å². The molecule has 1 aliphatic heterocycles. The highest BCUT2D eigenvalue weighted by Gasteiger charge is 2.77. The molecule has 7 nitrogen and oxygen atoms in total. The second-order valence-electron chi connectivity index (χ2n) is 4.90. The highest BCUT2D eigenvalue weighted by Crippen LogP contribution is 2.55. The highest BCUT2D eigenvalue weighted by atomic mass is 19.1. The zero-order chi connectivity index (χ0) is 13.4. The summed E-state index contributed by atoms with van der Waals surface area (Å²) in [6, 6.07) is 1.66. The maximum absolute atomic E-state index is 14.2. The van der Waals surface area contributed by atoms with Crippen molar-refractivity contribution in [3.8, 4) is 0 Å². The first-order valence-electron chi connectivity index (χ1n) is 5.82. The molecule has 2 aliphatic rings. The second kappa shape index (κ2) is 3.21. The van der Waals surface area contributed by atoms with E-state index in [9.17, 15) is 14.6 Å². The van der Waals surface area contributed by atoms with Gasteiger partial charge in [0.15, 0.2) is 18.0 Å². The third-order valence-corrected chi connectivity index (χ3v) is 3.90. The zero-order valence-corrected chi connectivity index (χ0v) is 9.64. The van der Waals surface area contributed by atoms with Crippen LogP contribution in [0.1, 0.15) is 6.23 Å². The summed E-state index contributed by atoms with van der Waals surface area (Å²) < 4.78 is 21.0. The quantitative estimate of drug-likeness (QED) is 0.633. The van der Waals surface area contributed by atoms with Crippen LogP contribution in [-0.2, 0) is 4.74 Å². The Morgan fingerprint density at radius 3 is 2.95 bits per heavy atom. The smallest absolute Gasteiger partial charge is 0.179 e. The summed E-state index contributed by atoms with van der Waals surface area (Å²) in [5.74, 6) is 0.293. The summed E-state index contributed by atoms with van der Waals surface area (Å²) in [4.78, 5) is 7.89. The second-order valence-corrected chi connectivity index (χ2v) is 4.90. The Morgan fingerprint density at radius 1 is 1.47 bits per heavy atom. The van der Waals surface area contributed by atoms with Crippen LogP contribution < -0.4 is 5.73 Å². The van der Waals surface area contributed by atoms with E-state index < -0.39 is 30.2 Å². The van der Waals surface area contributed by atoms with Gasteiger partial charge < -0.3 is 25.3 Å². The normalized spacial score (nSPS) is 40.6. The number of halogens is 1. The van der Waals surface area contributed by atoms with Gasteiger partial charge in [-0.3, -0.25) is 0 Å². The molecule has 19 heavy (non-hydrogen) atoms. The lowest BCUT2D eigenvalue weighted by Crippen LogP contribution is -2.33. The first kappa shape index (κ1) is 11.1. The molecule has 0 radical (unpaired) electrons. The van der Waals surface area contributed by atoms with Crippen molar-refractivity contribution in [3.05, 3.63) is 18.6 Å². The van der Waals surface area contributed by atoms with Gasteiger partial charge in [0.1, 0.15) is 30.0 Å². The lowest BCUT2D eigenvalue weighted by atomic mass is 10.2. The number of ether oxygens (including phenoxy) is 1. The third kappa shape index (κ3) is 1.16. The Bertz CT molecular complexity index is 677. The van der Waals surface area contributed by atoms with Gasteiger partial charge in [0, 0.05) is 6.20 Å². The van der Waals surface area contributed by atoms with Gasteiger partial charge in [-0.2, -0.15) is 0 Å². The van der Waals surface area contributed by atoms with E-state index in [1.807, 2.05) is 0 Å². The minimum atomic E-state index is -1.81. The molecule has 0 aromatic carbocycles. The molecule has 2 aromatic rings. The molecule has 5 atom stereocenters. The van der Waals surface area contributed by atoms with Gasteiger partial charge >= 0.3 is 0 Å². The molecule has 0 spiro atoms. The summed E-state index contributed by atoms with van der Waals surface area (Å²) in [5.41, 5.74) is 4.32. The number of alkyl halides is 1. The van der Waals surface area contributed by atoms with Crippen LogP contribution in [0.4, 0.5) is 10.2 Å². The minimum absolute atomic E-state index is 0.293. The summed E-state index contributed by atoms with van der Waals surface area (Å²) in [5, 5.41) is 19.8. The fourth-order valence-electron chi connectivity index (χ4n) is 2.70. The highest BCUT2D eigenvalue weighted by molar-refractivity contribution is 5.86. The molecule has 4 N–H and O–H groups in total. The number of hydrogen-bond acceptors (Lipinski definition) is 6. The van der Waals surface area contributed by atoms with E-state index in [2.05, 4.69) is 9.97 Å². The van der Waals surface area contributed by atoms with Crippen LogP contribution in [0.25, 0.3) is 11.0 Å². The van der Waals surface area contributed by atoms with Gasteiger partial charge in [-0.15, -0.1) is 0 Å². The van der Waals surface area contributed by atoms with E-state index in [0.29, 0.717) is 16.9 Å². The van der Waals surface area contributed by atoms with Crippen molar-refractivity contribution < 1.29 is 19.3 Å². The van der Waals surface area contributed by atoms with Crippen molar-refractivity contribution in [2.24, 2.45) is 0 Å².